The van der Waals surface area contributed by atoms with Crippen LogP contribution in [0.5, 0.6) is 5.75 Å². The summed E-state index contributed by atoms with van der Waals surface area (Å²) in [6, 6.07) is 19.0. The first-order chi connectivity index (χ1) is 17.7. The monoisotopic (exact) mass is 506 g/mol. The van der Waals surface area contributed by atoms with E-state index in [4.69, 9.17) is 4.42 Å². The highest BCUT2D eigenvalue weighted by atomic mass is 32.2. The fraction of sp³-hybridized carbons (Fsp3) is 0.469. The third-order valence-electron chi connectivity index (χ3n) is 6.76. The van der Waals surface area contributed by atoms with Crippen molar-refractivity contribution in [1.29, 1.82) is 0 Å². The van der Waals surface area contributed by atoms with Crippen LogP contribution in [0.15, 0.2) is 68.7 Å². The van der Waals surface area contributed by atoms with E-state index in [1.807, 2.05) is 45.5 Å². The van der Waals surface area contributed by atoms with Gasteiger partial charge in [-0.05, 0) is 61.3 Å². The van der Waals surface area contributed by atoms with Crippen LogP contribution in [0.1, 0.15) is 100 Å². The van der Waals surface area contributed by atoms with E-state index in [0.29, 0.717) is 17.2 Å². The van der Waals surface area contributed by atoms with Crippen LogP contribution >= 0.6 is 11.8 Å². The molecule has 2 aliphatic rings. The first kappa shape index (κ1) is 28.1. The van der Waals surface area contributed by atoms with E-state index in [2.05, 4.69) is 48.5 Å². The van der Waals surface area contributed by atoms with Crippen molar-refractivity contribution in [2.24, 2.45) is 5.92 Å². The number of aryl methyl sites for hydroxylation is 1. The van der Waals surface area contributed by atoms with Crippen LogP contribution in [0.4, 0.5) is 0 Å². The van der Waals surface area contributed by atoms with Crippen LogP contribution < -0.4 is 5.63 Å². The lowest BCUT2D eigenvalue weighted by molar-refractivity contribution is 0.382. The minimum Gasteiger partial charge on any atom is -0.507 e. The van der Waals surface area contributed by atoms with Crippen molar-refractivity contribution in [1.82, 2.24) is 0 Å². The molecule has 0 radical (unpaired) electrons. The van der Waals surface area contributed by atoms with Crippen LogP contribution in [0.3, 0.4) is 0 Å². The summed E-state index contributed by atoms with van der Waals surface area (Å²) in [6.45, 7) is 8.00. The molecule has 1 atom stereocenters. The van der Waals surface area contributed by atoms with Crippen LogP contribution in [0, 0.1) is 5.92 Å². The zero-order valence-corrected chi connectivity index (χ0v) is 23.2. The van der Waals surface area contributed by atoms with Gasteiger partial charge in [-0.15, -0.1) is 11.8 Å². The number of rotatable bonds is 6. The van der Waals surface area contributed by atoms with E-state index in [-0.39, 0.29) is 17.3 Å². The molecule has 194 valence electrons. The van der Waals surface area contributed by atoms with Crippen molar-refractivity contribution >= 4 is 11.8 Å². The summed E-state index contributed by atoms with van der Waals surface area (Å²) in [7, 11) is 0. The summed E-state index contributed by atoms with van der Waals surface area (Å²) in [5, 5.41) is 11.3. The molecule has 0 aliphatic heterocycles. The Morgan fingerprint density at radius 3 is 2.31 bits per heavy atom. The van der Waals surface area contributed by atoms with Gasteiger partial charge in [-0.1, -0.05) is 83.0 Å². The molecule has 0 spiro atoms. The van der Waals surface area contributed by atoms with Gasteiger partial charge in [0, 0.05) is 28.6 Å². The maximum absolute atomic E-state index is 13.1. The van der Waals surface area contributed by atoms with E-state index >= 15 is 0 Å². The van der Waals surface area contributed by atoms with Crippen molar-refractivity contribution < 1.29 is 9.52 Å². The SMILES string of the molecule is CC.CC.O=c1oc2c(c(O)c1C(c1cccc(CSc3ccccc3)c1)C1CC1)CCCCCC2. The third kappa shape index (κ3) is 7.06. The first-order valence-corrected chi connectivity index (χ1v) is 14.8. The Balaban J connectivity index is 0.000000861. The quantitative estimate of drug-likeness (QED) is 0.339. The number of benzene rings is 2. The first-order valence-electron chi connectivity index (χ1n) is 13.8. The lowest BCUT2D eigenvalue weighted by atomic mass is 9.85. The van der Waals surface area contributed by atoms with Crippen LogP contribution in [0.2, 0.25) is 0 Å². The number of aromatic hydroxyl groups is 1. The van der Waals surface area contributed by atoms with E-state index < -0.39 is 0 Å². The minimum atomic E-state index is -0.345. The molecule has 1 N–H and O–H groups in total. The van der Waals surface area contributed by atoms with E-state index in [0.717, 1.165) is 61.8 Å². The molecule has 0 saturated heterocycles. The van der Waals surface area contributed by atoms with Crippen molar-refractivity contribution in [3.63, 3.8) is 0 Å². The van der Waals surface area contributed by atoms with Gasteiger partial charge in [0.05, 0.1) is 5.56 Å². The summed E-state index contributed by atoms with van der Waals surface area (Å²) >= 11 is 1.81. The second kappa shape index (κ2) is 14.3. The molecule has 3 aromatic rings. The summed E-state index contributed by atoms with van der Waals surface area (Å²) in [4.78, 5) is 14.4. The molecular weight excluding hydrogens is 464 g/mol. The highest BCUT2D eigenvalue weighted by Crippen LogP contribution is 2.48. The third-order valence-corrected chi connectivity index (χ3v) is 7.84. The van der Waals surface area contributed by atoms with Crippen LogP contribution in [-0.2, 0) is 18.6 Å². The van der Waals surface area contributed by atoms with Gasteiger partial charge >= 0.3 is 5.63 Å². The van der Waals surface area contributed by atoms with Gasteiger partial charge in [0.1, 0.15) is 11.5 Å². The molecule has 0 bridgehead atoms. The largest absolute Gasteiger partial charge is 0.507 e. The van der Waals surface area contributed by atoms with Crippen LogP contribution in [0.25, 0.3) is 0 Å². The lowest BCUT2D eigenvalue weighted by Crippen LogP contribution is -2.19. The molecule has 2 aliphatic carbocycles. The Morgan fingerprint density at radius 2 is 1.61 bits per heavy atom. The van der Waals surface area contributed by atoms with Gasteiger partial charge in [0.25, 0.3) is 0 Å². The van der Waals surface area contributed by atoms with E-state index in [1.165, 1.54) is 16.9 Å². The molecule has 36 heavy (non-hydrogen) atoms. The highest BCUT2D eigenvalue weighted by Gasteiger charge is 2.38. The van der Waals surface area contributed by atoms with Gasteiger partial charge in [-0.3, -0.25) is 0 Å². The van der Waals surface area contributed by atoms with Crippen molar-refractivity contribution in [2.45, 2.75) is 95.6 Å². The predicted molar refractivity (Wildman–Crippen MR) is 152 cm³/mol. The fourth-order valence-electron chi connectivity index (χ4n) is 4.96. The molecular formula is C32H42O3S. The predicted octanol–water partition coefficient (Wildman–Crippen LogP) is 8.89. The smallest absolute Gasteiger partial charge is 0.343 e. The molecule has 1 heterocycles. The number of thioether (sulfide) groups is 1. The van der Waals surface area contributed by atoms with Crippen LogP contribution in [-0.4, -0.2) is 5.11 Å². The van der Waals surface area contributed by atoms with E-state index in [9.17, 15) is 9.90 Å². The van der Waals surface area contributed by atoms with Crippen molar-refractivity contribution in [2.75, 3.05) is 0 Å². The second-order valence-electron chi connectivity index (χ2n) is 9.13. The van der Waals surface area contributed by atoms with Gasteiger partial charge in [-0.2, -0.15) is 0 Å². The Hall–Kier alpha value is -2.46. The summed E-state index contributed by atoms with van der Waals surface area (Å²) in [5.41, 5.74) is 3.37. The molecule has 1 unspecified atom stereocenters. The average molecular weight is 507 g/mol. The molecule has 1 aromatic heterocycles. The summed E-state index contributed by atoms with van der Waals surface area (Å²) in [5.74, 6) is 2.09. The van der Waals surface area contributed by atoms with Gasteiger partial charge < -0.3 is 9.52 Å². The summed E-state index contributed by atoms with van der Waals surface area (Å²) < 4.78 is 5.84. The van der Waals surface area contributed by atoms with Crippen molar-refractivity contribution in [3.8, 4) is 5.75 Å². The fourth-order valence-corrected chi connectivity index (χ4v) is 5.82. The Morgan fingerprint density at radius 1 is 0.917 bits per heavy atom. The Labute approximate surface area is 221 Å². The summed E-state index contributed by atoms with van der Waals surface area (Å²) in [6.07, 6.45) is 8.09. The lowest BCUT2D eigenvalue weighted by Gasteiger charge is -2.21. The standard InChI is InChI=1S/C28H30O3S.2C2H6/c29-27-23-13-6-1-2-7-14-24(23)31-28(30)26(27)25(20-15-16-20)21-10-8-9-19(17-21)18-32-22-11-4-3-5-12-22;2*1-2/h3-5,8-12,17,20,25,29H,1-2,6-7,13-16,18H2;2*1-2H3. The molecule has 3 nitrogen and oxygen atoms in total. The van der Waals surface area contributed by atoms with Gasteiger partial charge in [-0.25, -0.2) is 4.79 Å². The topological polar surface area (TPSA) is 50.4 Å². The molecule has 0 amide bonds. The minimum absolute atomic E-state index is 0.0938. The molecule has 1 fully saturated rings. The average Bonchev–Trinajstić information content (AvgIpc) is 3.75. The van der Waals surface area contributed by atoms with Gasteiger partial charge in [0.2, 0.25) is 0 Å². The maximum Gasteiger partial charge on any atom is 0.343 e. The maximum atomic E-state index is 13.1. The molecule has 4 heteroatoms. The van der Waals surface area contributed by atoms with E-state index in [1.54, 1.807) is 0 Å². The molecule has 1 saturated carbocycles. The normalized spacial score (nSPS) is 15.7. The Kier molecular flexibility index (Phi) is 11.2. The Bertz CT molecular complexity index is 1130. The second-order valence-corrected chi connectivity index (χ2v) is 10.2. The number of fused-ring (bicyclic) bond motifs is 1. The van der Waals surface area contributed by atoms with Gasteiger partial charge in [0.15, 0.2) is 0 Å². The van der Waals surface area contributed by atoms with Crippen molar-refractivity contribution in [3.05, 3.63) is 93.0 Å². The molecule has 5 rings (SSSR count). The molecule has 2 aromatic carbocycles. The zero-order chi connectivity index (χ0) is 25.9. The number of hydrogen-bond acceptors (Lipinski definition) is 4. The highest BCUT2D eigenvalue weighted by molar-refractivity contribution is 7.98. The number of hydrogen-bond donors (Lipinski definition) is 1. The zero-order valence-electron chi connectivity index (χ0n) is 22.4.